The minimum atomic E-state index is 0. The monoisotopic (exact) mass is 230 g/mol. The average Bonchev–Trinajstić information content (AvgIpc) is 2.72. The van der Waals surface area contributed by atoms with Crippen LogP contribution in [0, 0.1) is 0 Å². The Morgan fingerprint density at radius 2 is 2.20 bits per heavy atom. The second kappa shape index (κ2) is 6.16. The van der Waals surface area contributed by atoms with Crippen molar-refractivity contribution < 1.29 is 4.42 Å². The van der Waals surface area contributed by atoms with Gasteiger partial charge in [-0.15, -0.1) is 12.4 Å². The maximum Gasteiger partial charge on any atom is 0.120 e. The van der Waals surface area contributed by atoms with E-state index in [1.54, 1.807) is 6.26 Å². The van der Waals surface area contributed by atoms with Crippen LogP contribution in [0.5, 0.6) is 0 Å². The molecule has 0 amide bonds. The van der Waals surface area contributed by atoms with E-state index in [9.17, 15) is 0 Å². The summed E-state index contributed by atoms with van der Waals surface area (Å²) >= 11 is 0. The number of rotatable bonds is 3. The van der Waals surface area contributed by atoms with Crippen LogP contribution in [0.2, 0.25) is 0 Å². The van der Waals surface area contributed by atoms with Crippen molar-refractivity contribution in [2.75, 3.05) is 13.1 Å². The zero-order chi connectivity index (χ0) is 9.80. The molecule has 2 heterocycles. The molecular weight excluding hydrogens is 212 g/mol. The van der Waals surface area contributed by atoms with Crippen molar-refractivity contribution in [3.05, 3.63) is 24.2 Å². The van der Waals surface area contributed by atoms with E-state index >= 15 is 0 Å². The summed E-state index contributed by atoms with van der Waals surface area (Å²) in [6.07, 6.45) is 4.16. The van der Waals surface area contributed by atoms with Crippen molar-refractivity contribution in [3.63, 3.8) is 0 Å². The van der Waals surface area contributed by atoms with Crippen LogP contribution in [0.1, 0.15) is 31.6 Å². The maximum absolute atomic E-state index is 5.36. The summed E-state index contributed by atoms with van der Waals surface area (Å²) in [5.41, 5.74) is 0. The Morgan fingerprint density at radius 3 is 2.80 bits per heavy atom. The first-order valence-electron chi connectivity index (χ1n) is 5.36. The van der Waals surface area contributed by atoms with Gasteiger partial charge >= 0.3 is 0 Å². The first kappa shape index (κ1) is 12.6. The van der Waals surface area contributed by atoms with Crippen LogP contribution >= 0.6 is 12.4 Å². The normalized spacial score (nSPS) is 19.5. The van der Waals surface area contributed by atoms with E-state index < -0.39 is 0 Å². The predicted octanol–water partition coefficient (Wildman–Crippen LogP) is 2.10. The quantitative estimate of drug-likeness (QED) is 0.835. The molecule has 0 aliphatic carbocycles. The molecule has 0 spiro atoms. The van der Waals surface area contributed by atoms with Gasteiger partial charge in [0.2, 0.25) is 0 Å². The molecule has 1 fully saturated rings. The smallest absolute Gasteiger partial charge is 0.120 e. The van der Waals surface area contributed by atoms with E-state index in [4.69, 9.17) is 4.42 Å². The highest BCUT2D eigenvalue weighted by atomic mass is 35.5. The number of furan rings is 1. The highest BCUT2D eigenvalue weighted by Gasteiger charge is 2.16. The SMILES string of the molecule is CC(NC1CCNCC1)c1ccco1.Cl. The van der Waals surface area contributed by atoms with Crippen LogP contribution < -0.4 is 10.6 Å². The van der Waals surface area contributed by atoms with E-state index in [0.29, 0.717) is 12.1 Å². The lowest BCUT2D eigenvalue weighted by molar-refractivity contribution is 0.333. The molecule has 1 unspecified atom stereocenters. The Labute approximate surface area is 97.0 Å². The molecule has 1 aliphatic heterocycles. The number of piperidine rings is 1. The Hall–Kier alpha value is -0.510. The van der Waals surface area contributed by atoms with Gasteiger partial charge in [-0.25, -0.2) is 0 Å². The van der Waals surface area contributed by atoms with Gasteiger partial charge in [-0.05, 0) is 45.0 Å². The Bertz CT molecular complexity index is 258. The molecule has 3 nitrogen and oxygen atoms in total. The van der Waals surface area contributed by atoms with E-state index in [1.807, 2.05) is 12.1 Å². The lowest BCUT2D eigenvalue weighted by Gasteiger charge is -2.26. The van der Waals surface area contributed by atoms with Crippen molar-refractivity contribution in [1.82, 2.24) is 10.6 Å². The molecule has 0 radical (unpaired) electrons. The minimum absolute atomic E-state index is 0. The molecule has 1 aliphatic rings. The topological polar surface area (TPSA) is 37.2 Å². The second-order valence-corrected chi connectivity index (χ2v) is 3.93. The summed E-state index contributed by atoms with van der Waals surface area (Å²) in [5.74, 6) is 1.03. The van der Waals surface area contributed by atoms with Crippen LogP contribution in [-0.2, 0) is 0 Å². The largest absolute Gasteiger partial charge is 0.468 e. The van der Waals surface area contributed by atoms with Gasteiger partial charge < -0.3 is 15.1 Å². The average molecular weight is 231 g/mol. The van der Waals surface area contributed by atoms with E-state index in [0.717, 1.165) is 18.8 Å². The summed E-state index contributed by atoms with van der Waals surface area (Å²) < 4.78 is 5.36. The highest BCUT2D eigenvalue weighted by molar-refractivity contribution is 5.85. The van der Waals surface area contributed by atoms with Crippen molar-refractivity contribution in [2.45, 2.75) is 31.8 Å². The molecule has 86 valence electrons. The van der Waals surface area contributed by atoms with Crippen LogP contribution in [0.4, 0.5) is 0 Å². The van der Waals surface area contributed by atoms with Crippen LogP contribution in [0.25, 0.3) is 0 Å². The molecule has 15 heavy (non-hydrogen) atoms. The lowest BCUT2D eigenvalue weighted by Crippen LogP contribution is -2.40. The molecule has 1 atom stereocenters. The summed E-state index contributed by atoms with van der Waals surface area (Å²) in [4.78, 5) is 0. The minimum Gasteiger partial charge on any atom is -0.468 e. The van der Waals surface area contributed by atoms with Crippen molar-refractivity contribution in [1.29, 1.82) is 0 Å². The molecule has 0 bridgehead atoms. The molecule has 2 N–H and O–H groups in total. The third kappa shape index (κ3) is 3.52. The zero-order valence-electron chi connectivity index (χ0n) is 9.03. The molecule has 1 saturated heterocycles. The summed E-state index contributed by atoms with van der Waals surface area (Å²) in [7, 11) is 0. The number of hydrogen-bond acceptors (Lipinski definition) is 3. The maximum atomic E-state index is 5.36. The molecule has 4 heteroatoms. The van der Waals surface area contributed by atoms with Gasteiger partial charge in [-0.2, -0.15) is 0 Å². The number of nitrogens with one attached hydrogen (secondary N) is 2. The highest BCUT2D eigenvalue weighted by Crippen LogP contribution is 2.15. The second-order valence-electron chi connectivity index (χ2n) is 3.93. The third-order valence-electron chi connectivity index (χ3n) is 2.79. The van der Waals surface area contributed by atoms with Gasteiger partial charge in [-0.3, -0.25) is 0 Å². The molecule has 1 aromatic rings. The fourth-order valence-corrected chi connectivity index (χ4v) is 1.96. The standard InChI is InChI=1S/C11H18N2O.ClH/c1-9(11-3-2-8-14-11)13-10-4-6-12-7-5-10;/h2-3,8-10,12-13H,4-7H2,1H3;1H. The van der Waals surface area contributed by atoms with Crippen LogP contribution in [0.15, 0.2) is 22.8 Å². The lowest BCUT2D eigenvalue weighted by atomic mass is 10.1. The Kier molecular flexibility index (Phi) is 5.15. The van der Waals surface area contributed by atoms with Gasteiger partial charge in [0.05, 0.1) is 12.3 Å². The number of hydrogen-bond donors (Lipinski definition) is 2. The van der Waals surface area contributed by atoms with Gasteiger partial charge in [0.25, 0.3) is 0 Å². The first-order valence-corrected chi connectivity index (χ1v) is 5.36. The van der Waals surface area contributed by atoms with Gasteiger partial charge in [0, 0.05) is 6.04 Å². The van der Waals surface area contributed by atoms with E-state index in [1.165, 1.54) is 12.8 Å². The zero-order valence-corrected chi connectivity index (χ0v) is 9.85. The Balaban J connectivity index is 0.00000112. The fourth-order valence-electron chi connectivity index (χ4n) is 1.96. The first-order chi connectivity index (χ1) is 6.86. The third-order valence-corrected chi connectivity index (χ3v) is 2.79. The van der Waals surface area contributed by atoms with Gasteiger partial charge in [0.15, 0.2) is 0 Å². The summed E-state index contributed by atoms with van der Waals surface area (Å²) in [6.45, 7) is 4.41. The summed E-state index contributed by atoms with van der Waals surface area (Å²) in [5, 5.41) is 6.95. The van der Waals surface area contributed by atoms with Crippen molar-refractivity contribution in [3.8, 4) is 0 Å². The van der Waals surface area contributed by atoms with Crippen LogP contribution in [0.3, 0.4) is 0 Å². The molecule has 1 aromatic heterocycles. The molecule has 2 rings (SSSR count). The molecule has 0 aromatic carbocycles. The summed E-state index contributed by atoms with van der Waals surface area (Å²) in [6, 6.07) is 4.93. The van der Waals surface area contributed by atoms with E-state index in [-0.39, 0.29) is 12.4 Å². The molecule has 0 saturated carbocycles. The van der Waals surface area contributed by atoms with Gasteiger partial charge in [0.1, 0.15) is 5.76 Å². The Morgan fingerprint density at radius 1 is 1.47 bits per heavy atom. The molecular formula is C11H19ClN2O. The number of halogens is 1. The fraction of sp³-hybridized carbons (Fsp3) is 0.636. The van der Waals surface area contributed by atoms with E-state index in [2.05, 4.69) is 17.6 Å². The van der Waals surface area contributed by atoms with Gasteiger partial charge in [-0.1, -0.05) is 0 Å². The predicted molar refractivity (Wildman–Crippen MR) is 63.4 cm³/mol. The van der Waals surface area contributed by atoms with Crippen LogP contribution in [-0.4, -0.2) is 19.1 Å². The van der Waals surface area contributed by atoms with Crippen molar-refractivity contribution >= 4 is 12.4 Å². The van der Waals surface area contributed by atoms with Crippen molar-refractivity contribution in [2.24, 2.45) is 0 Å².